The fraction of sp³-hybridized carbons (Fsp3) is 0.125. The SMILES string of the molecule is Cc1cc(Br)c(F)c(Br)c1NC(N)=S. The van der Waals surface area contributed by atoms with Gasteiger partial charge >= 0.3 is 0 Å². The van der Waals surface area contributed by atoms with Gasteiger partial charge in [-0.25, -0.2) is 4.39 Å². The minimum atomic E-state index is -0.380. The van der Waals surface area contributed by atoms with Crippen molar-refractivity contribution in [3.8, 4) is 0 Å². The summed E-state index contributed by atoms with van der Waals surface area (Å²) in [6.07, 6.45) is 0. The highest BCUT2D eigenvalue weighted by Gasteiger charge is 2.13. The number of halogens is 3. The summed E-state index contributed by atoms with van der Waals surface area (Å²) in [6.45, 7) is 1.83. The predicted molar refractivity (Wildman–Crippen MR) is 66.9 cm³/mol. The third kappa shape index (κ3) is 2.43. The molecular formula is C8H7Br2FN2S. The molecular weight excluding hydrogens is 335 g/mol. The number of rotatable bonds is 1. The normalized spacial score (nSPS) is 10.0. The highest BCUT2D eigenvalue weighted by atomic mass is 79.9. The number of hydrogen-bond donors (Lipinski definition) is 2. The number of anilines is 1. The Labute approximate surface area is 103 Å². The van der Waals surface area contributed by atoms with Crippen LogP contribution in [0.2, 0.25) is 0 Å². The van der Waals surface area contributed by atoms with Crippen LogP contribution in [-0.4, -0.2) is 5.11 Å². The van der Waals surface area contributed by atoms with E-state index in [1.54, 1.807) is 6.07 Å². The molecule has 1 rings (SSSR count). The van der Waals surface area contributed by atoms with E-state index in [9.17, 15) is 4.39 Å². The maximum atomic E-state index is 13.4. The lowest BCUT2D eigenvalue weighted by molar-refractivity contribution is 0.614. The van der Waals surface area contributed by atoms with Crippen molar-refractivity contribution in [2.24, 2.45) is 5.73 Å². The first-order valence-electron chi connectivity index (χ1n) is 3.64. The fourth-order valence-electron chi connectivity index (χ4n) is 0.990. The summed E-state index contributed by atoms with van der Waals surface area (Å²) in [5, 5.41) is 2.82. The Hall–Kier alpha value is -0.200. The molecule has 0 aliphatic rings. The third-order valence-corrected chi connectivity index (χ3v) is 3.03. The van der Waals surface area contributed by atoms with Gasteiger partial charge in [-0.05, 0) is 62.6 Å². The monoisotopic (exact) mass is 340 g/mol. The second-order valence-electron chi connectivity index (χ2n) is 2.67. The maximum absolute atomic E-state index is 13.4. The molecule has 76 valence electrons. The lowest BCUT2D eigenvalue weighted by Crippen LogP contribution is -2.20. The summed E-state index contributed by atoms with van der Waals surface area (Å²) in [5.74, 6) is -0.380. The van der Waals surface area contributed by atoms with Crippen LogP contribution in [0.25, 0.3) is 0 Å². The number of aryl methyl sites for hydroxylation is 1. The van der Waals surface area contributed by atoms with E-state index in [1.807, 2.05) is 6.92 Å². The second kappa shape index (κ2) is 4.55. The number of hydrogen-bond acceptors (Lipinski definition) is 1. The first-order valence-corrected chi connectivity index (χ1v) is 5.63. The molecule has 3 N–H and O–H groups in total. The van der Waals surface area contributed by atoms with Crippen molar-refractivity contribution in [1.82, 2.24) is 0 Å². The number of benzene rings is 1. The molecule has 0 heterocycles. The average molecular weight is 342 g/mol. The molecule has 0 saturated carbocycles. The Balaban J connectivity index is 3.29. The summed E-state index contributed by atoms with van der Waals surface area (Å²) in [5.41, 5.74) is 6.71. The summed E-state index contributed by atoms with van der Waals surface area (Å²) >= 11 is 10.9. The van der Waals surface area contributed by atoms with E-state index in [0.29, 0.717) is 14.6 Å². The lowest BCUT2D eigenvalue weighted by atomic mass is 10.2. The molecule has 0 spiro atoms. The van der Waals surface area contributed by atoms with Crippen molar-refractivity contribution >= 4 is 54.9 Å². The smallest absolute Gasteiger partial charge is 0.168 e. The van der Waals surface area contributed by atoms with Gasteiger partial charge in [-0.2, -0.15) is 0 Å². The fourth-order valence-corrected chi connectivity index (χ4v) is 2.53. The molecule has 0 aliphatic heterocycles. The molecule has 1 aromatic rings. The molecule has 1 aromatic carbocycles. The first-order chi connectivity index (χ1) is 6.43. The van der Waals surface area contributed by atoms with Crippen molar-refractivity contribution in [1.29, 1.82) is 0 Å². The van der Waals surface area contributed by atoms with Gasteiger partial charge in [-0.3, -0.25) is 0 Å². The number of nitrogens with two attached hydrogens (primary N) is 1. The van der Waals surface area contributed by atoms with Crippen LogP contribution in [0.4, 0.5) is 10.1 Å². The molecule has 0 saturated heterocycles. The minimum Gasteiger partial charge on any atom is -0.376 e. The topological polar surface area (TPSA) is 38.0 Å². The number of thiocarbonyl (C=S) groups is 1. The Bertz CT molecular complexity index is 395. The van der Waals surface area contributed by atoms with Crippen molar-refractivity contribution in [3.05, 3.63) is 26.4 Å². The van der Waals surface area contributed by atoms with Gasteiger partial charge in [0.05, 0.1) is 14.6 Å². The zero-order valence-corrected chi connectivity index (χ0v) is 11.2. The van der Waals surface area contributed by atoms with Crippen LogP contribution in [0, 0.1) is 12.7 Å². The van der Waals surface area contributed by atoms with E-state index in [-0.39, 0.29) is 10.9 Å². The van der Waals surface area contributed by atoms with E-state index in [4.69, 9.17) is 5.73 Å². The zero-order valence-electron chi connectivity index (χ0n) is 7.20. The molecule has 14 heavy (non-hydrogen) atoms. The van der Waals surface area contributed by atoms with Crippen molar-refractivity contribution in [3.63, 3.8) is 0 Å². The molecule has 0 unspecified atom stereocenters. The highest BCUT2D eigenvalue weighted by Crippen LogP contribution is 2.33. The van der Waals surface area contributed by atoms with Gasteiger partial charge in [0.15, 0.2) is 10.9 Å². The Morgan fingerprint density at radius 1 is 1.57 bits per heavy atom. The van der Waals surface area contributed by atoms with Crippen LogP contribution in [0.1, 0.15) is 5.56 Å². The lowest BCUT2D eigenvalue weighted by Gasteiger charge is -2.11. The van der Waals surface area contributed by atoms with Gasteiger partial charge in [0.25, 0.3) is 0 Å². The Morgan fingerprint density at radius 2 is 2.14 bits per heavy atom. The standard InChI is InChI=1S/C8H7Br2FN2S/c1-3-2-4(9)6(11)5(10)7(3)13-8(12)14/h2H,1H3,(H3,12,13,14). The van der Waals surface area contributed by atoms with Crippen LogP contribution in [0.5, 0.6) is 0 Å². The molecule has 0 amide bonds. The van der Waals surface area contributed by atoms with Gasteiger partial charge in [0.1, 0.15) is 0 Å². The average Bonchev–Trinajstić information content (AvgIpc) is 2.09. The summed E-state index contributed by atoms with van der Waals surface area (Å²) in [6, 6.07) is 1.65. The molecule has 6 heteroatoms. The second-order valence-corrected chi connectivity index (χ2v) is 4.75. The van der Waals surface area contributed by atoms with Gasteiger partial charge < -0.3 is 11.1 Å². The van der Waals surface area contributed by atoms with Crippen LogP contribution < -0.4 is 11.1 Å². The Kier molecular flexibility index (Phi) is 3.86. The van der Waals surface area contributed by atoms with Crippen molar-refractivity contribution in [2.45, 2.75) is 6.92 Å². The summed E-state index contributed by atoms with van der Waals surface area (Å²) < 4.78 is 14.1. The molecule has 2 nitrogen and oxygen atoms in total. The van der Waals surface area contributed by atoms with E-state index >= 15 is 0 Å². The van der Waals surface area contributed by atoms with Gasteiger partial charge in [-0.15, -0.1) is 0 Å². The van der Waals surface area contributed by atoms with Crippen LogP contribution in [0.3, 0.4) is 0 Å². The summed E-state index contributed by atoms with van der Waals surface area (Å²) in [7, 11) is 0. The van der Waals surface area contributed by atoms with Crippen LogP contribution in [-0.2, 0) is 0 Å². The Morgan fingerprint density at radius 3 is 2.64 bits per heavy atom. The minimum absolute atomic E-state index is 0.107. The molecule has 0 aliphatic carbocycles. The maximum Gasteiger partial charge on any atom is 0.168 e. The zero-order chi connectivity index (χ0) is 10.9. The third-order valence-electron chi connectivity index (χ3n) is 1.61. The predicted octanol–water partition coefficient (Wildman–Crippen LogP) is 3.31. The van der Waals surface area contributed by atoms with Crippen LogP contribution >= 0.6 is 44.1 Å². The van der Waals surface area contributed by atoms with Crippen molar-refractivity contribution in [2.75, 3.05) is 5.32 Å². The van der Waals surface area contributed by atoms with Gasteiger partial charge in [-0.1, -0.05) is 0 Å². The van der Waals surface area contributed by atoms with Crippen LogP contribution in [0.15, 0.2) is 15.0 Å². The van der Waals surface area contributed by atoms with E-state index in [2.05, 4.69) is 49.4 Å². The molecule has 0 fully saturated rings. The van der Waals surface area contributed by atoms with Gasteiger partial charge in [0.2, 0.25) is 0 Å². The quantitative estimate of drug-likeness (QED) is 0.608. The van der Waals surface area contributed by atoms with E-state index in [0.717, 1.165) is 5.56 Å². The molecule has 0 bridgehead atoms. The van der Waals surface area contributed by atoms with E-state index in [1.165, 1.54) is 0 Å². The molecule has 0 atom stereocenters. The van der Waals surface area contributed by atoms with E-state index < -0.39 is 0 Å². The van der Waals surface area contributed by atoms with Gasteiger partial charge in [0, 0.05) is 0 Å². The largest absolute Gasteiger partial charge is 0.376 e. The molecule has 0 aromatic heterocycles. The summed E-state index contributed by atoms with van der Waals surface area (Å²) in [4.78, 5) is 0. The molecule has 0 radical (unpaired) electrons. The first kappa shape index (κ1) is 11.9. The van der Waals surface area contributed by atoms with Crippen molar-refractivity contribution < 1.29 is 4.39 Å². The highest BCUT2D eigenvalue weighted by molar-refractivity contribution is 9.11. The number of nitrogens with one attached hydrogen (secondary N) is 1.